The van der Waals surface area contributed by atoms with E-state index in [4.69, 9.17) is 10.6 Å². The van der Waals surface area contributed by atoms with Gasteiger partial charge in [-0.05, 0) is 22.8 Å². The highest BCUT2D eigenvalue weighted by atomic mass is 16.7. The SMILES string of the molecule is C[N+](C)=CN(OCc1ccc([N+](=O)[O-])cc1)C(N)=O. The molecule has 1 aromatic rings. The summed E-state index contributed by atoms with van der Waals surface area (Å²) in [6.45, 7) is 0.0747. The highest BCUT2D eigenvalue weighted by molar-refractivity contribution is 5.81. The Labute approximate surface area is 109 Å². The monoisotopic (exact) mass is 267 g/mol. The fraction of sp³-hybridized carbons (Fsp3) is 0.273. The Morgan fingerprint density at radius 3 is 2.42 bits per heavy atom. The number of hydrogen-bond acceptors (Lipinski definition) is 4. The molecule has 102 valence electrons. The van der Waals surface area contributed by atoms with Crippen LogP contribution in [-0.2, 0) is 11.4 Å². The van der Waals surface area contributed by atoms with Gasteiger partial charge in [0.1, 0.15) is 6.61 Å². The Morgan fingerprint density at radius 2 is 2.00 bits per heavy atom. The number of carbonyl (C=O) groups is 1. The summed E-state index contributed by atoms with van der Waals surface area (Å²) < 4.78 is 1.60. The van der Waals surface area contributed by atoms with Crippen LogP contribution in [0.3, 0.4) is 0 Å². The maximum Gasteiger partial charge on any atom is 0.436 e. The molecular formula is C11H15N4O4+. The quantitative estimate of drug-likeness (QED) is 0.279. The number of nitro benzene ring substituents is 1. The van der Waals surface area contributed by atoms with Gasteiger partial charge in [0.05, 0.1) is 19.0 Å². The first kappa shape index (κ1) is 14.6. The molecule has 0 spiro atoms. The van der Waals surface area contributed by atoms with Gasteiger partial charge in [-0.2, -0.15) is 4.84 Å². The molecule has 0 atom stereocenters. The molecule has 0 aliphatic carbocycles. The number of urea groups is 1. The Bertz CT molecular complexity index is 494. The van der Waals surface area contributed by atoms with Crippen molar-refractivity contribution in [3.05, 3.63) is 39.9 Å². The second-order valence-corrected chi connectivity index (χ2v) is 3.94. The lowest BCUT2D eigenvalue weighted by molar-refractivity contribution is -0.467. The van der Waals surface area contributed by atoms with Crippen molar-refractivity contribution in [2.75, 3.05) is 14.1 Å². The van der Waals surface area contributed by atoms with Gasteiger partial charge in [0.2, 0.25) is 0 Å². The van der Waals surface area contributed by atoms with E-state index in [0.717, 1.165) is 5.06 Å². The maximum absolute atomic E-state index is 11.1. The first-order valence-corrected chi connectivity index (χ1v) is 5.36. The van der Waals surface area contributed by atoms with Crippen LogP contribution in [0.1, 0.15) is 5.56 Å². The molecule has 0 unspecified atom stereocenters. The fourth-order valence-corrected chi connectivity index (χ4v) is 1.22. The molecule has 19 heavy (non-hydrogen) atoms. The predicted octanol–water partition coefficient (Wildman–Crippen LogP) is 0.707. The smallest absolute Gasteiger partial charge is 0.329 e. The Hall–Kier alpha value is -2.48. The van der Waals surface area contributed by atoms with Crippen LogP contribution in [-0.4, -0.2) is 41.0 Å². The Morgan fingerprint density at radius 1 is 1.42 bits per heavy atom. The molecule has 0 saturated heterocycles. The number of amides is 2. The van der Waals surface area contributed by atoms with Gasteiger partial charge in [-0.3, -0.25) is 14.7 Å². The lowest BCUT2D eigenvalue weighted by Gasteiger charge is -2.07. The normalized spacial score (nSPS) is 9.79. The second-order valence-electron chi connectivity index (χ2n) is 3.94. The van der Waals surface area contributed by atoms with Gasteiger partial charge in [0.15, 0.2) is 0 Å². The first-order valence-electron chi connectivity index (χ1n) is 5.36. The Balaban J connectivity index is 2.67. The van der Waals surface area contributed by atoms with E-state index in [1.54, 1.807) is 30.8 Å². The summed E-state index contributed by atoms with van der Waals surface area (Å²) in [5.41, 5.74) is 5.81. The van der Waals surface area contributed by atoms with Gasteiger partial charge in [0.25, 0.3) is 12.0 Å². The van der Waals surface area contributed by atoms with Crippen molar-refractivity contribution in [2.45, 2.75) is 6.61 Å². The number of primary amides is 1. The van der Waals surface area contributed by atoms with E-state index in [2.05, 4.69) is 0 Å². The maximum atomic E-state index is 11.1. The molecule has 0 fully saturated rings. The van der Waals surface area contributed by atoms with E-state index >= 15 is 0 Å². The zero-order valence-electron chi connectivity index (χ0n) is 10.6. The minimum absolute atomic E-state index is 0.00430. The third-order valence-corrected chi connectivity index (χ3v) is 2.07. The molecule has 0 aliphatic heterocycles. The summed E-state index contributed by atoms with van der Waals surface area (Å²) in [5.74, 6) is 0. The second kappa shape index (κ2) is 6.45. The average molecular weight is 267 g/mol. The lowest BCUT2D eigenvalue weighted by atomic mass is 10.2. The number of non-ortho nitro benzene ring substituents is 1. The predicted molar refractivity (Wildman–Crippen MR) is 67.5 cm³/mol. The van der Waals surface area contributed by atoms with Crippen LogP contribution in [0.5, 0.6) is 0 Å². The minimum Gasteiger partial charge on any atom is -0.329 e. The van der Waals surface area contributed by atoms with Crippen LogP contribution in [0.2, 0.25) is 0 Å². The molecule has 0 saturated carbocycles. The van der Waals surface area contributed by atoms with E-state index < -0.39 is 11.0 Å². The van der Waals surface area contributed by atoms with Gasteiger partial charge in [-0.15, -0.1) is 0 Å². The van der Waals surface area contributed by atoms with Crippen LogP contribution in [0.25, 0.3) is 0 Å². The van der Waals surface area contributed by atoms with Crippen LogP contribution >= 0.6 is 0 Å². The summed E-state index contributed by atoms with van der Waals surface area (Å²) in [6.07, 6.45) is 1.38. The molecule has 1 aromatic carbocycles. The zero-order chi connectivity index (χ0) is 14.4. The molecule has 0 heterocycles. The number of benzene rings is 1. The number of hydroxylamine groups is 2. The van der Waals surface area contributed by atoms with Gasteiger partial charge >= 0.3 is 6.03 Å². The summed E-state index contributed by atoms with van der Waals surface area (Å²) in [6, 6.07) is 5.07. The zero-order valence-corrected chi connectivity index (χ0v) is 10.6. The minimum atomic E-state index is -0.754. The van der Waals surface area contributed by atoms with Crippen molar-refractivity contribution in [2.24, 2.45) is 5.73 Å². The topological polar surface area (TPSA) is 102 Å². The van der Waals surface area contributed by atoms with E-state index in [9.17, 15) is 14.9 Å². The van der Waals surface area contributed by atoms with Crippen LogP contribution in [0.15, 0.2) is 24.3 Å². The number of nitro groups is 1. The third kappa shape index (κ3) is 4.72. The molecule has 2 N–H and O–H groups in total. The number of hydrogen-bond donors (Lipinski definition) is 1. The van der Waals surface area contributed by atoms with Gasteiger partial charge in [-0.1, -0.05) is 0 Å². The van der Waals surface area contributed by atoms with Crippen LogP contribution in [0, 0.1) is 10.1 Å². The average Bonchev–Trinajstić information content (AvgIpc) is 2.34. The number of carbonyl (C=O) groups excluding carboxylic acids is 1. The van der Waals surface area contributed by atoms with E-state index in [0.29, 0.717) is 5.56 Å². The van der Waals surface area contributed by atoms with Crippen molar-refractivity contribution < 1.29 is 19.1 Å². The molecule has 0 bridgehead atoms. The molecule has 0 aromatic heterocycles. The van der Waals surface area contributed by atoms with Crippen molar-refractivity contribution in [3.63, 3.8) is 0 Å². The van der Waals surface area contributed by atoms with Crippen LogP contribution in [0.4, 0.5) is 10.5 Å². The number of nitrogens with zero attached hydrogens (tertiary/aromatic N) is 3. The molecular weight excluding hydrogens is 252 g/mol. The summed E-state index contributed by atoms with van der Waals surface area (Å²) in [5, 5.41) is 11.4. The van der Waals surface area contributed by atoms with Crippen molar-refractivity contribution >= 4 is 18.1 Å². The van der Waals surface area contributed by atoms with E-state index in [-0.39, 0.29) is 12.3 Å². The molecule has 8 nitrogen and oxygen atoms in total. The standard InChI is InChI=1S/C11H14N4O4/c1-13(2)8-14(11(12)16)19-7-9-3-5-10(6-4-9)15(17)18/h3-6,8H,7H2,1-2H3,(H-,12,16)/p+1. The van der Waals surface area contributed by atoms with Gasteiger partial charge in [-0.25, -0.2) is 4.79 Å². The summed E-state index contributed by atoms with van der Waals surface area (Å²) >= 11 is 0. The highest BCUT2D eigenvalue weighted by Gasteiger charge is 2.17. The lowest BCUT2D eigenvalue weighted by Crippen LogP contribution is -2.36. The highest BCUT2D eigenvalue weighted by Crippen LogP contribution is 2.12. The number of rotatable bonds is 5. The third-order valence-electron chi connectivity index (χ3n) is 2.07. The molecule has 8 heteroatoms. The summed E-state index contributed by atoms with van der Waals surface area (Å²) in [4.78, 5) is 26.3. The largest absolute Gasteiger partial charge is 0.436 e. The first-order chi connectivity index (χ1) is 8.90. The number of nitrogens with two attached hydrogens (primary N) is 1. The van der Waals surface area contributed by atoms with Crippen LogP contribution < -0.4 is 5.73 Å². The Kier molecular flexibility index (Phi) is 4.95. The summed E-state index contributed by atoms with van der Waals surface area (Å²) in [7, 11) is 3.43. The molecule has 0 radical (unpaired) electrons. The van der Waals surface area contributed by atoms with E-state index in [1.807, 2.05) is 0 Å². The van der Waals surface area contributed by atoms with Crippen molar-refractivity contribution in [1.82, 2.24) is 5.06 Å². The molecule has 1 rings (SSSR count). The van der Waals surface area contributed by atoms with Gasteiger partial charge < -0.3 is 5.73 Å². The molecule has 0 aliphatic rings. The van der Waals surface area contributed by atoms with Crippen molar-refractivity contribution in [3.8, 4) is 0 Å². The fourth-order valence-electron chi connectivity index (χ4n) is 1.22. The van der Waals surface area contributed by atoms with E-state index in [1.165, 1.54) is 18.5 Å². The molecule has 2 amide bonds. The van der Waals surface area contributed by atoms with Crippen molar-refractivity contribution in [1.29, 1.82) is 0 Å². The van der Waals surface area contributed by atoms with Gasteiger partial charge in [0, 0.05) is 12.1 Å².